The van der Waals surface area contributed by atoms with Gasteiger partial charge in [-0.05, 0) is 65.7 Å². The Morgan fingerprint density at radius 2 is 1.71 bits per heavy atom. The van der Waals surface area contributed by atoms with Gasteiger partial charge in [-0.1, -0.05) is 0 Å². The van der Waals surface area contributed by atoms with Crippen LogP contribution >= 0.6 is 0 Å². The molecule has 2 rings (SSSR count). The monoisotopic (exact) mass is 436 g/mol. The fraction of sp³-hybridized carbons (Fsp3) is 0.591. The van der Waals surface area contributed by atoms with E-state index < -0.39 is 17.5 Å². The van der Waals surface area contributed by atoms with Crippen LogP contribution in [0.1, 0.15) is 47.5 Å². The van der Waals surface area contributed by atoms with Crippen LogP contribution in [0.4, 0.5) is 25.4 Å². The lowest BCUT2D eigenvalue weighted by molar-refractivity contribution is -0.121. The number of benzene rings is 1. The fourth-order valence-electron chi connectivity index (χ4n) is 3.40. The van der Waals surface area contributed by atoms with Gasteiger partial charge in [0.15, 0.2) is 0 Å². The predicted molar refractivity (Wildman–Crippen MR) is 118 cm³/mol. The van der Waals surface area contributed by atoms with Crippen LogP contribution in [0.3, 0.4) is 0 Å². The molecule has 0 spiro atoms. The van der Waals surface area contributed by atoms with Gasteiger partial charge in [-0.15, -0.1) is 0 Å². The van der Waals surface area contributed by atoms with E-state index in [4.69, 9.17) is 4.74 Å². The third kappa shape index (κ3) is 7.11. The first-order chi connectivity index (χ1) is 14.5. The summed E-state index contributed by atoms with van der Waals surface area (Å²) in [5.41, 5.74) is -0.278. The van der Waals surface area contributed by atoms with E-state index >= 15 is 0 Å². The Labute approximate surface area is 183 Å². The smallest absolute Gasteiger partial charge is 0.412 e. The van der Waals surface area contributed by atoms with Crippen molar-refractivity contribution in [2.45, 2.75) is 53.1 Å². The summed E-state index contributed by atoms with van der Waals surface area (Å²) in [5, 5.41) is 5.26. The van der Waals surface area contributed by atoms with Crippen molar-refractivity contribution in [1.29, 1.82) is 0 Å². The van der Waals surface area contributed by atoms with Gasteiger partial charge in [0.25, 0.3) is 0 Å². The zero-order chi connectivity index (χ0) is 23.2. The van der Waals surface area contributed by atoms with Crippen LogP contribution in [0.25, 0.3) is 0 Å². The number of likely N-dealkylation sites (tertiary alicyclic amines) is 1. The van der Waals surface area contributed by atoms with Crippen LogP contribution in [0.5, 0.6) is 0 Å². The van der Waals surface area contributed by atoms with Crippen LogP contribution in [-0.2, 0) is 9.53 Å². The molecular weight excluding hydrogens is 403 g/mol. The molecule has 1 aromatic carbocycles. The van der Waals surface area contributed by atoms with Crippen LogP contribution < -0.4 is 10.6 Å². The minimum absolute atomic E-state index is 0.0159. The number of carbonyl (C=O) groups excluding carboxylic acids is 3. The fourth-order valence-corrected chi connectivity index (χ4v) is 3.40. The van der Waals surface area contributed by atoms with Crippen molar-refractivity contribution >= 4 is 29.4 Å². The molecule has 0 aromatic heterocycles. The van der Waals surface area contributed by atoms with E-state index in [-0.39, 0.29) is 29.2 Å². The molecule has 0 radical (unpaired) electrons. The van der Waals surface area contributed by atoms with Gasteiger partial charge < -0.3 is 19.9 Å². The van der Waals surface area contributed by atoms with Crippen LogP contribution in [0.15, 0.2) is 18.2 Å². The van der Waals surface area contributed by atoms with Crippen LogP contribution in [-0.4, -0.2) is 59.6 Å². The molecule has 31 heavy (non-hydrogen) atoms. The molecule has 0 bridgehead atoms. The van der Waals surface area contributed by atoms with E-state index in [0.29, 0.717) is 39.0 Å². The second-order valence-corrected chi connectivity index (χ2v) is 8.52. The zero-order valence-electron chi connectivity index (χ0n) is 19.0. The Morgan fingerprint density at radius 3 is 2.26 bits per heavy atom. The lowest BCUT2D eigenvalue weighted by atomic mass is 9.96. The highest BCUT2D eigenvalue weighted by molar-refractivity contribution is 5.98. The summed E-state index contributed by atoms with van der Waals surface area (Å²) >= 11 is 0. The lowest BCUT2D eigenvalue weighted by Crippen LogP contribution is -2.47. The van der Waals surface area contributed by atoms with Gasteiger partial charge in [0.1, 0.15) is 11.4 Å². The molecule has 0 unspecified atom stereocenters. The molecule has 2 N–H and O–H groups in total. The van der Waals surface area contributed by atoms with Crippen molar-refractivity contribution in [3.05, 3.63) is 24.0 Å². The number of anilines is 2. The molecule has 0 saturated carbocycles. The number of rotatable bonds is 5. The summed E-state index contributed by atoms with van der Waals surface area (Å²) in [6.45, 7) is 11.3. The number of ether oxygens (including phenoxy) is 1. The largest absolute Gasteiger partial charge is 0.444 e. The van der Waals surface area contributed by atoms with E-state index in [0.717, 1.165) is 6.07 Å². The number of urea groups is 1. The number of nitrogens with one attached hydrogen (secondary N) is 2. The number of piperidine rings is 1. The number of hydrogen-bond donors (Lipinski definition) is 2. The maximum atomic E-state index is 13.8. The van der Waals surface area contributed by atoms with Crippen molar-refractivity contribution in [2.75, 3.05) is 36.8 Å². The Kier molecular flexibility index (Phi) is 8.24. The van der Waals surface area contributed by atoms with Crippen molar-refractivity contribution in [3.63, 3.8) is 0 Å². The Bertz CT molecular complexity index is 797. The molecule has 1 aliphatic heterocycles. The van der Waals surface area contributed by atoms with Gasteiger partial charge in [0.2, 0.25) is 5.91 Å². The molecule has 1 saturated heterocycles. The molecule has 172 valence electrons. The second kappa shape index (κ2) is 10.5. The van der Waals surface area contributed by atoms with Crippen molar-refractivity contribution in [2.24, 2.45) is 5.92 Å². The second-order valence-electron chi connectivity index (χ2n) is 8.52. The predicted octanol–water partition coefficient (Wildman–Crippen LogP) is 4.29. The summed E-state index contributed by atoms with van der Waals surface area (Å²) in [6.07, 6.45) is 0.337. The van der Waals surface area contributed by atoms with Crippen LogP contribution in [0.2, 0.25) is 0 Å². The van der Waals surface area contributed by atoms with Gasteiger partial charge >= 0.3 is 12.1 Å². The number of halogens is 1. The maximum Gasteiger partial charge on any atom is 0.412 e. The molecule has 1 aliphatic rings. The van der Waals surface area contributed by atoms with E-state index in [1.807, 2.05) is 13.8 Å². The molecule has 8 nitrogen and oxygen atoms in total. The van der Waals surface area contributed by atoms with Crippen molar-refractivity contribution in [3.8, 4) is 0 Å². The summed E-state index contributed by atoms with van der Waals surface area (Å²) in [7, 11) is 0. The first-order valence-electron chi connectivity index (χ1n) is 10.7. The Hall–Kier alpha value is -2.84. The van der Waals surface area contributed by atoms with E-state index in [1.165, 1.54) is 12.1 Å². The third-order valence-corrected chi connectivity index (χ3v) is 5.05. The molecule has 1 fully saturated rings. The molecule has 1 heterocycles. The lowest BCUT2D eigenvalue weighted by Gasteiger charge is -2.34. The first-order valence-corrected chi connectivity index (χ1v) is 10.7. The zero-order valence-corrected chi connectivity index (χ0v) is 19.0. The van der Waals surface area contributed by atoms with Crippen LogP contribution in [0, 0.1) is 11.7 Å². The number of hydrogen-bond acceptors (Lipinski definition) is 4. The maximum absolute atomic E-state index is 13.8. The van der Waals surface area contributed by atoms with Gasteiger partial charge in [-0.3, -0.25) is 10.1 Å². The number of amides is 4. The van der Waals surface area contributed by atoms with E-state index in [9.17, 15) is 18.8 Å². The molecule has 0 atom stereocenters. The summed E-state index contributed by atoms with van der Waals surface area (Å²) in [5.74, 6) is -1.11. The SMILES string of the molecule is CCN(CC)C(=O)N1CCC(C(=O)Nc2cc(F)ccc2NC(=O)OC(C)(C)C)CC1. The average molecular weight is 437 g/mol. The van der Waals surface area contributed by atoms with E-state index in [1.54, 1.807) is 30.6 Å². The normalized spacial score (nSPS) is 14.7. The highest BCUT2D eigenvalue weighted by atomic mass is 19.1. The molecule has 1 aromatic rings. The van der Waals surface area contributed by atoms with Gasteiger partial charge in [0.05, 0.1) is 11.4 Å². The Balaban J connectivity index is 2.00. The number of nitrogens with zero attached hydrogens (tertiary/aromatic N) is 2. The minimum Gasteiger partial charge on any atom is -0.444 e. The van der Waals surface area contributed by atoms with E-state index in [2.05, 4.69) is 10.6 Å². The summed E-state index contributed by atoms with van der Waals surface area (Å²) in [6, 6.07) is 3.71. The molecule has 0 aliphatic carbocycles. The highest BCUT2D eigenvalue weighted by Crippen LogP contribution is 2.26. The highest BCUT2D eigenvalue weighted by Gasteiger charge is 2.29. The van der Waals surface area contributed by atoms with Crippen molar-refractivity contribution in [1.82, 2.24) is 9.80 Å². The van der Waals surface area contributed by atoms with Gasteiger partial charge in [-0.25, -0.2) is 14.0 Å². The quantitative estimate of drug-likeness (QED) is 0.721. The molecule has 9 heteroatoms. The summed E-state index contributed by atoms with van der Waals surface area (Å²) in [4.78, 5) is 40.8. The third-order valence-electron chi connectivity index (χ3n) is 5.05. The van der Waals surface area contributed by atoms with Crippen molar-refractivity contribution < 1.29 is 23.5 Å². The summed E-state index contributed by atoms with van der Waals surface area (Å²) < 4.78 is 19.0. The standard InChI is InChI=1S/C22H33FN4O4/c1-6-26(7-2)21(30)27-12-10-15(11-13-27)19(28)24-18-14-16(23)8-9-17(18)25-20(29)31-22(3,4)5/h8-9,14-15H,6-7,10-13H2,1-5H3,(H,24,28)(H,25,29). The first kappa shape index (κ1) is 24.4. The molecular formula is C22H33FN4O4. The van der Waals surface area contributed by atoms with Gasteiger partial charge in [0, 0.05) is 32.1 Å². The molecule has 4 amide bonds. The Morgan fingerprint density at radius 1 is 1.10 bits per heavy atom. The number of carbonyl (C=O) groups is 3. The topological polar surface area (TPSA) is 91.0 Å². The average Bonchev–Trinajstić information content (AvgIpc) is 2.69. The van der Waals surface area contributed by atoms with Gasteiger partial charge in [-0.2, -0.15) is 0 Å². The minimum atomic E-state index is -0.696.